The highest BCUT2D eigenvalue weighted by Gasteiger charge is 2.14. The highest BCUT2D eigenvalue weighted by atomic mass is 35.5. The molecule has 0 saturated heterocycles. The largest absolute Gasteiger partial charge is 0.477 e. The number of furan rings is 1. The number of carboxylic acids is 1. The van der Waals surface area contributed by atoms with E-state index in [0.717, 1.165) is 0 Å². The first-order chi connectivity index (χ1) is 8.65. The van der Waals surface area contributed by atoms with E-state index in [9.17, 15) is 4.79 Å². The van der Waals surface area contributed by atoms with Crippen LogP contribution in [0.2, 0.25) is 5.15 Å². The van der Waals surface area contributed by atoms with Crippen LogP contribution < -0.4 is 0 Å². The molecule has 18 heavy (non-hydrogen) atoms. The van der Waals surface area contributed by atoms with Gasteiger partial charge in [0.15, 0.2) is 17.1 Å². The van der Waals surface area contributed by atoms with E-state index in [0.29, 0.717) is 17.1 Å². The molecule has 0 radical (unpaired) electrons. The normalized spacial score (nSPS) is 10.9. The summed E-state index contributed by atoms with van der Waals surface area (Å²) in [7, 11) is 0. The molecule has 0 atom stereocenters. The van der Waals surface area contributed by atoms with Gasteiger partial charge in [0.1, 0.15) is 10.8 Å². The Morgan fingerprint density at radius 2 is 2.28 bits per heavy atom. The van der Waals surface area contributed by atoms with Crippen molar-refractivity contribution in [1.29, 1.82) is 0 Å². The fourth-order valence-electron chi connectivity index (χ4n) is 1.59. The Bertz CT molecular complexity index is 733. The van der Waals surface area contributed by atoms with Crippen molar-refractivity contribution in [3.63, 3.8) is 0 Å². The van der Waals surface area contributed by atoms with Crippen LogP contribution in [0.3, 0.4) is 0 Å². The van der Waals surface area contributed by atoms with Crippen molar-refractivity contribution >= 4 is 23.2 Å². The Labute approximate surface area is 105 Å². The van der Waals surface area contributed by atoms with Crippen LogP contribution in [0.15, 0.2) is 34.9 Å². The first-order valence-corrected chi connectivity index (χ1v) is 5.36. The third-order valence-corrected chi connectivity index (χ3v) is 2.65. The summed E-state index contributed by atoms with van der Waals surface area (Å²) >= 11 is 5.95. The Morgan fingerprint density at radius 1 is 1.44 bits per heavy atom. The number of hydrogen-bond donors (Lipinski definition) is 1. The van der Waals surface area contributed by atoms with E-state index < -0.39 is 5.97 Å². The summed E-state index contributed by atoms with van der Waals surface area (Å²) in [6.07, 6.45) is 1.52. The van der Waals surface area contributed by atoms with Crippen LogP contribution in [0.5, 0.6) is 0 Å². The van der Waals surface area contributed by atoms with Crippen molar-refractivity contribution in [2.75, 3.05) is 0 Å². The molecule has 0 aliphatic rings. The van der Waals surface area contributed by atoms with E-state index in [2.05, 4.69) is 10.1 Å². The van der Waals surface area contributed by atoms with Crippen LogP contribution in [0.1, 0.15) is 10.5 Å². The van der Waals surface area contributed by atoms with Gasteiger partial charge in [-0.3, -0.25) is 0 Å². The third-order valence-electron chi connectivity index (χ3n) is 2.38. The minimum absolute atomic E-state index is 0.126. The molecule has 0 fully saturated rings. The summed E-state index contributed by atoms with van der Waals surface area (Å²) in [6.45, 7) is 0. The van der Waals surface area contributed by atoms with Crippen molar-refractivity contribution in [1.82, 2.24) is 14.6 Å². The van der Waals surface area contributed by atoms with Crippen LogP contribution in [-0.2, 0) is 0 Å². The van der Waals surface area contributed by atoms with Crippen LogP contribution in [0, 0.1) is 0 Å². The van der Waals surface area contributed by atoms with E-state index in [4.69, 9.17) is 21.1 Å². The van der Waals surface area contributed by atoms with E-state index in [1.807, 2.05) is 0 Å². The molecule has 90 valence electrons. The average molecular weight is 264 g/mol. The summed E-state index contributed by atoms with van der Waals surface area (Å²) in [5, 5.41) is 13.3. The van der Waals surface area contributed by atoms with Gasteiger partial charge in [-0.2, -0.15) is 5.10 Å². The highest BCUT2D eigenvalue weighted by Crippen LogP contribution is 2.22. The molecular formula is C11H6ClN3O3. The molecule has 0 spiro atoms. The zero-order valence-corrected chi connectivity index (χ0v) is 9.63. The smallest absolute Gasteiger partial charge is 0.354 e. The second kappa shape index (κ2) is 3.85. The molecule has 3 rings (SSSR count). The lowest BCUT2D eigenvalue weighted by molar-refractivity contribution is 0.0690. The van der Waals surface area contributed by atoms with Gasteiger partial charge in [-0.1, -0.05) is 11.6 Å². The van der Waals surface area contributed by atoms with Crippen LogP contribution in [-0.4, -0.2) is 25.7 Å². The van der Waals surface area contributed by atoms with Gasteiger partial charge < -0.3 is 9.52 Å². The molecule has 0 aromatic carbocycles. The number of nitrogens with zero attached hydrogens (tertiary/aromatic N) is 3. The molecule has 0 aliphatic carbocycles. The highest BCUT2D eigenvalue weighted by molar-refractivity contribution is 6.30. The van der Waals surface area contributed by atoms with Gasteiger partial charge in [0.05, 0.1) is 6.26 Å². The molecular weight excluding hydrogens is 258 g/mol. The number of rotatable bonds is 2. The molecule has 0 unspecified atom stereocenters. The van der Waals surface area contributed by atoms with Crippen molar-refractivity contribution in [2.24, 2.45) is 0 Å². The van der Waals surface area contributed by atoms with Crippen molar-refractivity contribution < 1.29 is 14.3 Å². The Kier molecular flexibility index (Phi) is 2.31. The molecule has 7 heteroatoms. The lowest BCUT2D eigenvalue weighted by atomic mass is 10.3. The lowest BCUT2D eigenvalue weighted by Crippen LogP contribution is -2.03. The summed E-state index contributed by atoms with van der Waals surface area (Å²) in [6, 6.07) is 6.33. The molecule has 3 aromatic rings. The summed E-state index contributed by atoms with van der Waals surface area (Å²) in [4.78, 5) is 14.8. The topological polar surface area (TPSA) is 80.6 Å². The standard InChI is InChI=1S/C11H6ClN3O3/c12-9-4-7(11(16)17)13-10-5-6(14-15(9)10)8-2-1-3-18-8/h1-5H,(H,16,17). The van der Waals surface area contributed by atoms with Gasteiger partial charge in [0.2, 0.25) is 0 Å². The zero-order valence-electron chi connectivity index (χ0n) is 8.87. The van der Waals surface area contributed by atoms with Gasteiger partial charge >= 0.3 is 5.97 Å². The summed E-state index contributed by atoms with van der Waals surface area (Å²) in [5.74, 6) is -0.575. The van der Waals surface area contributed by atoms with Gasteiger partial charge in [0.25, 0.3) is 0 Å². The van der Waals surface area contributed by atoms with E-state index in [1.54, 1.807) is 18.2 Å². The molecule has 0 saturated carbocycles. The number of hydrogen-bond acceptors (Lipinski definition) is 4. The number of carbonyl (C=O) groups is 1. The van der Waals surface area contributed by atoms with Crippen LogP contribution in [0.4, 0.5) is 0 Å². The molecule has 3 heterocycles. The summed E-state index contributed by atoms with van der Waals surface area (Å²) in [5.41, 5.74) is 0.765. The van der Waals surface area contributed by atoms with E-state index >= 15 is 0 Å². The number of aromatic carboxylic acids is 1. The van der Waals surface area contributed by atoms with Crippen molar-refractivity contribution in [3.8, 4) is 11.5 Å². The third kappa shape index (κ3) is 1.63. The molecule has 0 aliphatic heterocycles. The SMILES string of the molecule is O=C(O)c1cc(Cl)n2nc(-c3ccco3)cc2n1. The van der Waals surface area contributed by atoms with E-state index in [-0.39, 0.29) is 10.8 Å². The molecule has 0 bridgehead atoms. The predicted octanol–water partition coefficient (Wildman–Crippen LogP) is 2.34. The van der Waals surface area contributed by atoms with Crippen molar-refractivity contribution in [2.45, 2.75) is 0 Å². The lowest BCUT2D eigenvalue weighted by Gasteiger charge is -1.98. The Hall–Kier alpha value is -2.34. The number of halogens is 1. The first kappa shape index (κ1) is 10.8. The quantitative estimate of drug-likeness (QED) is 0.718. The Morgan fingerprint density at radius 3 is 2.94 bits per heavy atom. The number of aromatic nitrogens is 3. The molecule has 1 N–H and O–H groups in total. The van der Waals surface area contributed by atoms with E-state index in [1.165, 1.54) is 16.8 Å². The van der Waals surface area contributed by atoms with Gasteiger partial charge in [-0.05, 0) is 12.1 Å². The molecule has 3 aromatic heterocycles. The monoisotopic (exact) mass is 263 g/mol. The first-order valence-electron chi connectivity index (χ1n) is 4.98. The number of fused-ring (bicyclic) bond motifs is 1. The molecule has 0 amide bonds. The maximum Gasteiger partial charge on any atom is 0.354 e. The maximum atomic E-state index is 10.9. The minimum Gasteiger partial charge on any atom is -0.477 e. The van der Waals surface area contributed by atoms with Crippen LogP contribution >= 0.6 is 11.6 Å². The van der Waals surface area contributed by atoms with Gasteiger partial charge in [-0.25, -0.2) is 14.3 Å². The van der Waals surface area contributed by atoms with Crippen LogP contribution in [0.25, 0.3) is 17.1 Å². The predicted molar refractivity (Wildman–Crippen MR) is 62.7 cm³/mol. The fourth-order valence-corrected chi connectivity index (χ4v) is 1.82. The number of carboxylic acid groups (broad SMARTS) is 1. The van der Waals surface area contributed by atoms with Crippen molar-refractivity contribution in [3.05, 3.63) is 41.4 Å². The molecule has 6 nitrogen and oxygen atoms in total. The summed E-state index contributed by atoms with van der Waals surface area (Å²) < 4.78 is 6.56. The Balaban J connectivity index is 2.23. The van der Waals surface area contributed by atoms with Gasteiger partial charge in [-0.15, -0.1) is 0 Å². The zero-order chi connectivity index (χ0) is 12.7. The van der Waals surface area contributed by atoms with Gasteiger partial charge in [0, 0.05) is 12.1 Å². The second-order valence-electron chi connectivity index (χ2n) is 3.55. The fraction of sp³-hybridized carbons (Fsp3) is 0. The minimum atomic E-state index is -1.14. The average Bonchev–Trinajstić information content (AvgIpc) is 2.96. The maximum absolute atomic E-state index is 10.9. The second-order valence-corrected chi connectivity index (χ2v) is 3.93.